The van der Waals surface area contributed by atoms with E-state index in [-0.39, 0.29) is 12.5 Å². The van der Waals surface area contributed by atoms with Crippen LogP contribution in [0, 0.1) is 6.92 Å². The predicted molar refractivity (Wildman–Crippen MR) is 97.8 cm³/mol. The van der Waals surface area contributed by atoms with Crippen LogP contribution in [-0.4, -0.2) is 29.4 Å². The summed E-state index contributed by atoms with van der Waals surface area (Å²) in [5.41, 5.74) is 1.87. The number of benzene rings is 2. The van der Waals surface area contributed by atoms with Gasteiger partial charge in [-0.05, 0) is 42.8 Å². The minimum absolute atomic E-state index is 0.0101. The second-order valence-electron chi connectivity index (χ2n) is 5.52. The van der Waals surface area contributed by atoms with Crippen molar-refractivity contribution in [1.82, 2.24) is 9.88 Å². The molecule has 24 heavy (non-hydrogen) atoms. The number of fused-ring (bicyclic) bond motifs is 1. The van der Waals surface area contributed by atoms with Crippen molar-refractivity contribution in [2.75, 3.05) is 13.7 Å². The van der Waals surface area contributed by atoms with E-state index in [2.05, 4.69) is 4.98 Å². The normalized spacial score (nSPS) is 10.8. The van der Waals surface area contributed by atoms with Crippen LogP contribution >= 0.6 is 22.9 Å². The zero-order chi connectivity index (χ0) is 17.1. The molecule has 4 nitrogen and oxygen atoms in total. The highest BCUT2D eigenvalue weighted by Gasteiger charge is 2.13. The fourth-order valence-electron chi connectivity index (χ4n) is 2.30. The van der Waals surface area contributed by atoms with Crippen molar-refractivity contribution in [3.05, 3.63) is 58.1 Å². The van der Waals surface area contributed by atoms with Crippen LogP contribution in [0.1, 0.15) is 10.6 Å². The molecule has 3 rings (SSSR count). The van der Waals surface area contributed by atoms with Gasteiger partial charge in [0.25, 0.3) is 5.91 Å². The van der Waals surface area contributed by atoms with Crippen molar-refractivity contribution >= 4 is 39.1 Å². The average molecular weight is 361 g/mol. The molecular formula is C18H17ClN2O2S. The third-order valence-corrected chi connectivity index (χ3v) is 4.88. The van der Waals surface area contributed by atoms with Crippen molar-refractivity contribution in [2.45, 2.75) is 13.5 Å². The van der Waals surface area contributed by atoms with Crippen LogP contribution in [0.3, 0.4) is 0 Å². The predicted octanol–water partition coefficient (Wildman–Crippen LogP) is 4.30. The highest BCUT2D eigenvalue weighted by atomic mass is 35.5. The van der Waals surface area contributed by atoms with Gasteiger partial charge in [0.1, 0.15) is 10.8 Å². The fourth-order valence-corrected chi connectivity index (χ4v) is 3.55. The molecule has 0 fully saturated rings. The van der Waals surface area contributed by atoms with E-state index in [0.29, 0.717) is 17.3 Å². The molecule has 0 saturated heterocycles. The second kappa shape index (κ2) is 7.20. The molecule has 0 spiro atoms. The molecule has 1 amide bonds. The van der Waals surface area contributed by atoms with Gasteiger partial charge in [-0.2, -0.15) is 0 Å². The molecule has 0 saturated carbocycles. The van der Waals surface area contributed by atoms with Crippen molar-refractivity contribution in [2.24, 2.45) is 0 Å². The largest absolute Gasteiger partial charge is 0.483 e. The standard InChI is InChI=1S/C18H17ClN2O2S/c1-12-9-13(19)7-8-15(12)23-11-18(22)21(2)10-17-20-14-5-3-4-6-16(14)24-17/h3-9H,10-11H2,1-2H3. The van der Waals surface area contributed by atoms with Crippen LogP contribution < -0.4 is 4.74 Å². The van der Waals surface area contributed by atoms with Crippen LogP contribution in [0.15, 0.2) is 42.5 Å². The first kappa shape index (κ1) is 16.7. The van der Waals surface area contributed by atoms with E-state index in [1.54, 1.807) is 35.4 Å². The van der Waals surface area contributed by atoms with Crippen LogP contribution in [0.4, 0.5) is 0 Å². The molecule has 0 atom stereocenters. The maximum atomic E-state index is 12.3. The second-order valence-corrected chi connectivity index (χ2v) is 7.08. The monoisotopic (exact) mass is 360 g/mol. The van der Waals surface area contributed by atoms with Crippen molar-refractivity contribution in [1.29, 1.82) is 0 Å². The number of amides is 1. The number of nitrogens with zero attached hydrogens (tertiary/aromatic N) is 2. The van der Waals surface area contributed by atoms with Crippen molar-refractivity contribution in [3.8, 4) is 5.75 Å². The number of carbonyl (C=O) groups excluding carboxylic acids is 1. The number of ether oxygens (including phenoxy) is 1. The van der Waals surface area contributed by atoms with Gasteiger partial charge < -0.3 is 9.64 Å². The Morgan fingerprint density at radius 1 is 1.29 bits per heavy atom. The Labute approximate surface area is 149 Å². The molecule has 0 bridgehead atoms. The summed E-state index contributed by atoms with van der Waals surface area (Å²) in [5, 5.41) is 1.56. The maximum absolute atomic E-state index is 12.3. The number of carbonyl (C=O) groups is 1. The number of para-hydroxylation sites is 1. The first-order valence-electron chi connectivity index (χ1n) is 7.50. The number of hydrogen-bond donors (Lipinski definition) is 0. The van der Waals surface area contributed by atoms with Crippen LogP contribution in [-0.2, 0) is 11.3 Å². The fraction of sp³-hybridized carbons (Fsp3) is 0.222. The molecule has 1 aromatic heterocycles. The zero-order valence-electron chi connectivity index (χ0n) is 13.5. The quantitative estimate of drug-likeness (QED) is 0.681. The smallest absolute Gasteiger partial charge is 0.260 e. The average Bonchev–Trinajstić information content (AvgIpc) is 2.95. The maximum Gasteiger partial charge on any atom is 0.260 e. The van der Waals surface area contributed by atoms with E-state index in [0.717, 1.165) is 20.8 Å². The third kappa shape index (κ3) is 3.86. The Balaban J connectivity index is 1.60. The summed E-state index contributed by atoms with van der Waals surface area (Å²) in [4.78, 5) is 18.4. The first-order valence-corrected chi connectivity index (χ1v) is 8.70. The molecule has 0 aliphatic rings. The van der Waals surface area contributed by atoms with Crippen LogP contribution in [0.2, 0.25) is 5.02 Å². The Bertz CT molecular complexity index is 845. The summed E-state index contributed by atoms with van der Waals surface area (Å²) < 4.78 is 6.73. The van der Waals surface area contributed by atoms with Gasteiger partial charge in [0, 0.05) is 12.1 Å². The molecule has 0 unspecified atom stereocenters. The topological polar surface area (TPSA) is 42.4 Å². The van der Waals surface area contributed by atoms with E-state index in [1.165, 1.54) is 0 Å². The van der Waals surface area contributed by atoms with Crippen molar-refractivity contribution in [3.63, 3.8) is 0 Å². The lowest BCUT2D eigenvalue weighted by Crippen LogP contribution is -2.31. The summed E-state index contributed by atoms with van der Waals surface area (Å²) in [7, 11) is 1.76. The number of aromatic nitrogens is 1. The molecule has 6 heteroatoms. The minimum atomic E-state index is -0.0939. The molecule has 2 aromatic carbocycles. The Morgan fingerprint density at radius 2 is 2.08 bits per heavy atom. The van der Waals surface area contributed by atoms with E-state index >= 15 is 0 Å². The lowest BCUT2D eigenvalue weighted by molar-refractivity contribution is -0.132. The summed E-state index contributed by atoms with van der Waals surface area (Å²) in [6.45, 7) is 2.36. The number of thiazole rings is 1. The number of likely N-dealkylation sites (N-methyl/N-ethyl adjacent to an activating group) is 1. The van der Waals surface area contributed by atoms with Gasteiger partial charge in [-0.25, -0.2) is 4.98 Å². The van der Waals surface area contributed by atoms with Crippen LogP contribution in [0.25, 0.3) is 10.2 Å². The summed E-state index contributed by atoms with van der Waals surface area (Å²) >= 11 is 7.52. The Kier molecular flexibility index (Phi) is 5.02. The summed E-state index contributed by atoms with van der Waals surface area (Å²) in [6.07, 6.45) is 0. The van der Waals surface area contributed by atoms with Gasteiger partial charge in [-0.3, -0.25) is 4.79 Å². The lowest BCUT2D eigenvalue weighted by atomic mass is 10.2. The van der Waals surface area contributed by atoms with Crippen LogP contribution in [0.5, 0.6) is 5.75 Å². The molecule has 1 heterocycles. The van der Waals surface area contributed by atoms with E-state index in [4.69, 9.17) is 16.3 Å². The van der Waals surface area contributed by atoms with Gasteiger partial charge in [-0.15, -0.1) is 11.3 Å². The van der Waals surface area contributed by atoms with E-state index in [1.807, 2.05) is 37.3 Å². The minimum Gasteiger partial charge on any atom is -0.483 e. The van der Waals surface area contributed by atoms with Gasteiger partial charge >= 0.3 is 0 Å². The van der Waals surface area contributed by atoms with Crippen molar-refractivity contribution < 1.29 is 9.53 Å². The number of rotatable bonds is 5. The summed E-state index contributed by atoms with van der Waals surface area (Å²) in [5.74, 6) is 0.574. The molecule has 124 valence electrons. The molecule has 3 aromatic rings. The number of halogens is 1. The van der Waals surface area contributed by atoms with Gasteiger partial charge in [0.2, 0.25) is 0 Å². The highest BCUT2D eigenvalue weighted by molar-refractivity contribution is 7.18. The number of aryl methyl sites for hydroxylation is 1. The Hall–Kier alpha value is -2.11. The molecular weight excluding hydrogens is 344 g/mol. The number of hydrogen-bond acceptors (Lipinski definition) is 4. The zero-order valence-corrected chi connectivity index (χ0v) is 15.0. The molecule has 0 radical (unpaired) electrons. The lowest BCUT2D eigenvalue weighted by Gasteiger charge is -2.16. The Morgan fingerprint density at radius 3 is 2.83 bits per heavy atom. The van der Waals surface area contributed by atoms with Gasteiger partial charge in [-0.1, -0.05) is 23.7 Å². The molecule has 0 N–H and O–H groups in total. The molecule has 0 aliphatic heterocycles. The highest BCUT2D eigenvalue weighted by Crippen LogP contribution is 2.23. The third-order valence-electron chi connectivity index (χ3n) is 3.62. The molecule has 0 aliphatic carbocycles. The summed E-state index contributed by atoms with van der Waals surface area (Å²) in [6, 6.07) is 13.3. The van der Waals surface area contributed by atoms with Gasteiger partial charge in [0.05, 0.1) is 16.8 Å². The van der Waals surface area contributed by atoms with E-state index < -0.39 is 0 Å². The van der Waals surface area contributed by atoms with Gasteiger partial charge in [0.15, 0.2) is 6.61 Å². The van der Waals surface area contributed by atoms with E-state index in [9.17, 15) is 4.79 Å². The SMILES string of the molecule is Cc1cc(Cl)ccc1OCC(=O)N(C)Cc1nc2ccccc2s1. The first-order chi connectivity index (χ1) is 11.5.